The molecule has 0 spiro atoms. The van der Waals surface area contributed by atoms with Gasteiger partial charge in [-0.15, -0.1) is 0 Å². The van der Waals surface area contributed by atoms with Crippen molar-refractivity contribution in [3.63, 3.8) is 0 Å². The van der Waals surface area contributed by atoms with E-state index in [1.807, 2.05) is 18.2 Å². The summed E-state index contributed by atoms with van der Waals surface area (Å²) in [6.45, 7) is 0. The zero-order chi connectivity index (χ0) is 19.0. The lowest BCUT2D eigenvalue weighted by atomic mass is 9.84. The van der Waals surface area contributed by atoms with Gasteiger partial charge in [0.1, 0.15) is 6.04 Å². The average molecular weight is 370 g/mol. The summed E-state index contributed by atoms with van der Waals surface area (Å²) in [7, 11) is 0. The van der Waals surface area contributed by atoms with E-state index in [-0.39, 0.29) is 17.9 Å². The number of carbonyl (C=O) groups excluding carboxylic acids is 2. The smallest absolute Gasteiger partial charge is 0.326 e. The number of carboxylic acids is 1. The minimum absolute atomic E-state index is 0.0187. The molecule has 2 amide bonds. The third kappa shape index (κ3) is 3.57. The number of carboxylic acid groups (broad SMARTS) is 1. The molecule has 0 radical (unpaired) electrons. The van der Waals surface area contributed by atoms with Gasteiger partial charge in [0.15, 0.2) is 0 Å². The van der Waals surface area contributed by atoms with Crippen LogP contribution in [0.4, 0.5) is 5.69 Å². The van der Waals surface area contributed by atoms with Crippen molar-refractivity contribution in [1.29, 1.82) is 0 Å². The van der Waals surface area contributed by atoms with Gasteiger partial charge in [-0.1, -0.05) is 25.0 Å². The number of benzene rings is 1. The highest BCUT2D eigenvalue weighted by Gasteiger charge is 2.47. The first-order valence-corrected chi connectivity index (χ1v) is 9.98. The summed E-state index contributed by atoms with van der Waals surface area (Å²) in [5, 5.41) is 12.4. The Balaban J connectivity index is 1.36. The van der Waals surface area contributed by atoms with Crippen LogP contribution >= 0.6 is 0 Å². The summed E-state index contributed by atoms with van der Waals surface area (Å²) < 4.78 is 0. The van der Waals surface area contributed by atoms with E-state index in [1.165, 1.54) is 0 Å². The lowest BCUT2D eigenvalue weighted by Gasteiger charge is -2.33. The molecule has 0 bridgehead atoms. The summed E-state index contributed by atoms with van der Waals surface area (Å²) in [4.78, 5) is 37.7. The molecule has 1 aromatic rings. The highest BCUT2D eigenvalue weighted by molar-refractivity contribution is 5.99. The average Bonchev–Trinajstić information content (AvgIpc) is 3.20. The van der Waals surface area contributed by atoms with Gasteiger partial charge in [0, 0.05) is 18.2 Å². The second-order valence-corrected chi connectivity index (χ2v) is 8.07. The van der Waals surface area contributed by atoms with Gasteiger partial charge in [-0.3, -0.25) is 9.59 Å². The third-order valence-corrected chi connectivity index (χ3v) is 6.31. The zero-order valence-corrected chi connectivity index (χ0v) is 15.4. The van der Waals surface area contributed by atoms with E-state index in [1.54, 1.807) is 4.90 Å². The Labute approximate surface area is 158 Å². The summed E-state index contributed by atoms with van der Waals surface area (Å²) in [5.74, 6) is -0.512. The largest absolute Gasteiger partial charge is 0.480 e. The van der Waals surface area contributed by atoms with E-state index in [0.29, 0.717) is 31.6 Å². The molecule has 6 nitrogen and oxygen atoms in total. The zero-order valence-electron chi connectivity index (χ0n) is 15.4. The molecule has 1 aromatic carbocycles. The molecular weight excluding hydrogens is 344 g/mol. The van der Waals surface area contributed by atoms with Gasteiger partial charge in [0.25, 0.3) is 0 Å². The number of amides is 2. The van der Waals surface area contributed by atoms with Crippen LogP contribution in [0, 0.1) is 5.92 Å². The first-order valence-electron chi connectivity index (χ1n) is 9.98. The molecule has 6 heteroatoms. The van der Waals surface area contributed by atoms with E-state index >= 15 is 0 Å². The van der Waals surface area contributed by atoms with Gasteiger partial charge in [0.05, 0.1) is 6.42 Å². The van der Waals surface area contributed by atoms with E-state index in [2.05, 4.69) is 5.32 Å². The van der Waals surface area contributed by atoms with Crippen molar-refractivity contribution in [2.24, 2.45) is 5.92 Å². The van der Waals surface area contributed by atoms with Gasteiger partial charge in [-0.25, -0.2) is 4.79 Å². The van der Waals surface area contributed by atoms with Crippen LogP contribution in [-0.2, 0) is 27.2 Å². The van der Waals surface area contributed by atoms with Crippen molar-refractivity contribution in [3.05, 3.63) is 29.3 Å². The Morgan fingerprint density at radius 2 is 2.04 bits per heavy atom. The maximum absolute atomic E-state index is 12.8. The van der Waals surface area contributed by atoms with Gasteiger partial charge in [-0.05, 0) is 55.2 Å². The van der Waals surface area contributed by atoms with Gasteiger partial charge >= 0.3 is 5.97 Å². The van der Waals surface area contributed by atoms with E-state index < -0.39 is 12.0 Å². The van der Waals surface area contributed by atoms with E-state index in [4.69, 9.17) is 0 Å². The van der Waals surface area contributed by atoms with Crippen molar-refractivity contribution >= 4 is 23.5 Å². The molecular formula is C21H26N2O4. The number of aryl methyl sites for hydroxylation is 1. The van der Waals surface area contributed by atoms with Gasteiger partial charge in [0.2, 0.25) is 11.8 Å². The number of aliphatic carboxylic acids is 1. The molecule has 2 aliphatic heterocycles. The van der Waals surface area contributed by atoms with Crippen LogP contribution in [0.15, 0.2) is 18.2 Å². The minimum Gasteiger partial charge on any atom is -0.480 e. The quantitative estimate of drug-likeness (QED) is 0.834. The fourth-order valence-corrected chi connectivity index (χ4v) is 5.05. The highest BCUT2D eigenvalue weighted by atomic mass is 16.4. The number of nitrogens with one attached hydrogen (secondary N) is 1. The van der Waals surface area contributed by atoms with Crippen LogP contribution in [0.2, 0.25) is 0 Å². The molecule has 2 fully saturated rings. The molecule has 1 saturated carbocycles. The molecule has 27 heavy (non-hydrogen) atoms. The summed E-state index contributed by atoms with van der Waals surface area (Å²) in [6.07, 6.45) is 7.06. The fourth-order valence-electron chi connectivity index (χ4n) is 5.05. The normalized spacial score (nSPS) is 26.4. The molecule has 2 N–H and O–H groups in total. The molecule has 1 saturated heterocycles. The number of rotatable bonds is 5. The first-order chi connectivity index (χ1) is 13.0. The number of anilines is 1. The lowest BCUT2D eigenvalue weighted by Crippen LogP contribution is -2.46. The van der Waals surface area contributed by atoms with Crippen LogP contribution in [0.25, 0.3) is 0 Å². The van der Waals surface area contributed by atoms with Gasteiger partial charge in [-0.2, -0.15) is 0 Å². The molecule has 3 aliphatic rings. The number of fused-ring (bicyclic) bond motifs is 2. The number of likely N-dealkylation sites (tertiary alicyclic amines) is 1. The van der Waals surface area contributed by atoms with E-state index in [0.717, 1.165) is 48.9 Å². The Kier molecular flexibility index (Phi) is 4.89. The molecule has 0 aromatic heterocycles. The number of nitrogens with zero attached hydrogens (tertiary/aromatic N) is 1. The summed E-state index contributed by atoms with van der Waals surface area (Å²) in [5.41, 5.74) is 3.01. The second-order valence-electron chi connectivity index (χ2n) is 8.07. The molecule has 2 heterocycles. The molecule has 144 valence electrons. The van der Waals surface area contributed by atoms with Crippen molar-refractivity contribution < 1.29 is 19.5 Å². The standard InChI is InChI=1S/C21H26N2O4/c24-19-12-15-10-13(8-9-16(15)22-19)4-3-7-20(25)23-17-6-2-1-5-14(17)11-18(23)21(26)27/h8-10,14,17-18H,1-7,11-12H2,(H,22,24)(H,26,27)/t14-,17+,18+/m1/s1. The Bertz CT molecular complexity index is 775. The van der Waals surface area contributed by atoms with Crippen LogP contribution in [0.3, 0.4) is 0 Å². The molecule has 0 unspecified atom stereocenters. The second kappa shape index (κ2) is 7.33. The maximum Gasteiger partial charge on any atom is 0.326 e. The first kappa shape index (κ1) is 18.0. The van der Waals surface area contributed by atoms with Crippen LogP contribution in [-0.4, -0.2) is 39.9 Å². The topological polar surface area (TPSA) is 86.7 Å². The van der Waals surface area contributed by atoms with Crippen LogP contribution in [0.5, 0.6) is 0 Å². The van der Waals surface area contributed by atoms with Crippen LogP contribution in [0.1, 0.15) is 56.1 Å². The molecule has 4 rings (SSSR count). The lowest BCUT2D eigenvalue weighted by molar-refractivity contribution is -0.149. The van der Waals surface area contributed by atoms with Crippen molar-refractivity contribution in [1.82, 2.24) is 4.90 Å². The van der Waals surface area contributed by atoms with Crippen molar-refractivity contribution in [2.75, 3.05) is 5.32 Å². The fraction of sp³-hybridized carbons (Fsp3) is 0.571. The molecule has 3 atom stereocenters. The Morgan fingerprint density at radius 1 is 1.22 bits per heavy atom. The third-order valence-electron chi connectivity index (χ3n) is 6.31. The van der Waals surface area contributed by atoms with E-state index in [9.17, 15) is 19.5 Å². The van der Waals surface area contributed by atoms with Crippen molar-refractivity contribution in [3.8, 4) is 0 Å². The summed E-state index contributed by atoms with van der Waals surface area (Å²) in [6, 6.07) is 5.41. The predicted octanol–water partition coefficient (Wildman–Crippen LogP) is 2.75. The monoisotopic (exact) mass is 370 g/mol. The SMILES string of the molecule is O=C1Cc2cc(CCCC(=O)N3[C@H](C(=O)O)C[C@H]4CCCC[C@@H]43)ccc2N1. The van der Waals surface area contributed by atoms with Crippen LogP contribution < -0.4 is 5.32 Å². The highest BCUT2D eigenvalue weighted by Crippen LogP contribution is 2.40. The minimum atomic E-state index is -0.867. The molecule has 1 aliphatic carbocycles. The number of hydrogen-bond donors (Lipinski definition) is 2. The van der Waals surface area contributed by atoms with Gasteiger partial charge < -0.3 is 15.3 Å². The van der Waals surface area contributed by atoms with Crippen molar-refractivity contribution in [2.45, 2.75) is 69.9 Å². The Hall–Kier alpha value is -2.37. The summed E-state index contributed by atoms with van der Waals surface area (Å²) >= 11 is 0. The maximum atomic E-state index is 12.8. The Morgan fingerprint density at radius 3 is 2.85 bits per heavy atom. The number of hydrogen-bond acceptors (Lipinski definition) is 3. The predicted molar refractivity (Wildman–Crippen MR) is 100 cm³/mol. The number of carbonyl (C=O) groups is 3.